The molecule has 0 atom stereocenters. The second-order valence-electron chi connectivity index (χ2n) is 5.22. The summed E-state index contributed by atoms with van der Waals surface area (Å²) in [5.41, 5.74) is 8.67. The predicted molar refractivity (Wildman–Crippen MR) is 69.1 cm³/mol. The zero-order valence-electron chi connectivity index (χ0n) is 9.61. The maximum absolute atomic E-state index is 6.23. The molecule has 1 aromatic rings. The molecule has 0 amide bonds. The zero-order valence-corrected chi connectivity index (χ0v) is 11.1. The number of anilines is 1. The van der Waals surface area contributed by atoms with Crippen molar-refractivity contribution in [2.45, 2.75) is 39.5 Å². The van der Waals surface area contributed by atoms with Crippen LogP contribution in [0.15, 0.2) is 0 Å². The Hall–Kier alpha value is -0.470. The van der Waals surface area contributed by atoms with E-state index in [4.69, 9.17) is 28.9 Å². The van der Waals surface area contributed by atoms with Crippen molar-refractivity contribution in [2.24, 2.45) is 5.41 Å². The highest BCUT2D eigenvalue weighted by Gasteiger charge is 2.26. The van der Waals surface area contributed by atoms with Crippen LogP contribution in [0.4, 0.5) is 5.69 Å². The highest BCUT2D eigenvalue weighted by molar-refractivity contribution is 6.38. The molecule has 0 radical (unpaired) electrons. The molecular formula is C12H16Cl2N2. The Morgan fingerprint density at radius 1 is 1.19 bits per heavy atom. The van der Waals surface area contributed by atoms with E-state index in [-0.39, 0.29) is 0 Å². The quantitative estimate of drug-likeness (QED) is 0.567. The van der Waals surface area contributed by atoms with Gasteiger partial charge in [-0.25, -0.2) is 4.98 Å². The summed E-state index contributed by atoms with van der Waals surface area (Å²) in [7, 11) is 0. The van der Waals surface area contributed by atoms with Crippen LogP contribution >= 0.6 is 23.2 Å². The number of hydrogen-bond acceptors (Lipinski definition) is 2. The third-order valence-corrected chi connectivity index (χ3v) is 4.12. The molecule has 0 saturated carbocycles. The monoisotopic (exact) mass is 258 g/mol. The number of aromatic nitrogens is 1. The molecule has 0 fully saturated rings. The van der Waals surface area contributed by atoms with E-state index in [0.29, 0.717) is 21.3 Å². The smallest absolute Gasteiger partial charge is 0.153 e. The van der Waals surface area contributed by atoms with Crippen molar-refractivity contribution in [1.29, 1.82) is 0 Å². The number of hydrogen-bond donors (Lipinski definition) is 1. The molecule has 2 nitrogen and oxygen atoms in total. The summed E-state index contributed by atoms with van der Waals surface area (Å²) in [6, 6.07) is 0. The molecule has 1 aliphatic carbocycles. The molecule has 88 valence electrons. The average molecular weight is 259 g/mol. The van der Waals surface area contributed by atoms with Crippen LogP contribution in [0.1, 0.15) is 37.9 Å². The van der Waals surface area contributed by atoms with E-state index >= 15 is 0 Å². The van der Waals surface area contributed by atoms with Crippen molar-refractivity contribution in [1.82, 2.24) is 4.98 Å². The predicted octanol–water partition coefficient (Wildman–Crippen LogP) is 3.88. The van der Waals surface area contributed by atoms with Crippen molar-refractivity contribution in [3.05, 3.63) is 21.4 Å². The highest BCUT2D eigenvalue weighted by atomic mass is 35.5. The summed E-state index contributed by atoms with van der Waals surface area (Å²) in [5.74, 6) is 0. The van der Waals surface area contributed by atoms with Gasteiger partial charge in [-0.05, 0) is 36.7 Å². The lowest BCUT2D eigenvalue weighted by Gasteiger charge is -2.21. The largest absolute Gasteiger partial charge is 0.395 e. The van der Waals surface area contributed by atoms with Gasteiger partial charge in [0.15, 0.2) is 5.15 Å². The molecule has 0 bridgehead atoms. The van der Waals surface area contributed by atoms with Gasteiger partial charge in [0.25, 0.3) is 0 Å². The number of rotatable bonds is 0. The second-order valence-corrected chi connectivity index (χ2v) is 5.96. The van der Waals surface area contributed by atoms with Gasteiger partial charge in [0.1, 0.15) is 0 Å². The van der Waals surface area contributed by atoms with Gasteiger partial charge in [-0.15, -0.1) is 0 Å². The average Bonchev–Trinajstić information content (AvgIpc) is 2.35. The van der Waals surface area contributed by atoms with E-state index in [1.807, 2.05) is 0 Å². The fourth-order valence-corrected chi connectivity index (χ4v) is 2.67. The van der Waals surface area contributed by atoms with Crippen LogP contribution in [0.3, 0.4) is 0 Å². The summed E-state index contributed by atoms with van der Waals surface area (Å²) >= 11 is 12.2. The summed E-state index contributed by atoms with van der Waals surface area (Å²) in [5, 5.41) is 0.941. The molecule has 1 aliphatic rings. The topological polar surface area (TPSA) is 38.9 Å². The van der Waals surface area contributed by atoms with Gasteiger partial charge in [-0.3, -0.25) is 0 Å². The fourth-order valence-electron chi connectivity index (χ4n) is 2.13. The number of aryl methyl sites for hydroxylation is 1. The van der Waals surface area contributed by atoms with Gasteiger partial charge in [-0.2, -0.15) is 0 Å². The van der Waals surface area contributed by atoms with Crippen molar-refractivity contribution >= 4 is 28.9 Å². The Labute approximate surface area is 106 Å². The van der Waals surface area contributed by atoms with Gasteiger partial charge in [0.05, 0.1) is 10.7 Å². The van der Waals surface area contributed by atoms with Gasteiger partial charge in [-0.1, -0.05) is 37.0 Å². The van der Waals surface area contributed by atoms with Crippen molar-refractivity contribution < 1.29 is 0 Å². The second kappa shape index (κ2) is 4.08. The molecule has 4 heteroatoms. The maximum atomic E-state index is 6.23. The van der Waals surface area contributed by atoms with Gasteiger partial charge >= 0.3 is 0 Å². The number of pyridine rings is 1. The van der Waals surface area contributed by atoms with Crippen LogP contribution in [0.5, 0.6) is 0 Å². The summed E-state index contributed by atoms with van der Waals surface area (Å²) in [6.45, 7) is 4.55. The van der Waals surface area contributed by atoms with Gasteiger partial charge in [0, 0.05) is 5.69 Å². The van der Waals surface area contributed by atoms with E-state index in [1.54, 1.807) is 0 Å². The molecule has 0 aliphatic heterocycles. The Kier molecular flexibility index (Phi) is 3.06. The van der Waals surface area contributed by atoms with E-state index in [1.165, 1.54) is 0 Å². The summed E-state index contributed by atoms with van der Waals surface area (Å²) < 4.78 is 0. The Bertz CT molecular complexity index is 428. The van der Waals surface area contributed by atoms with Crippen LogP contribution in [-0.2, 0) is 12.8 Å². The van der Waals surface area contributed by atoms with E-state index in [2.05, 4.69) is 18.8 Å². The number of nitrogens with two attached hydrogens (primary N) is 1. The van der Waals surface area contributed by atoms with Gasteiger partial charge < -0.3 is 5.73 Å². The number of nitrogen functional groups attached to an aromatic ring is 1. The van der Waals surface area contributed by atoms with Crippen LogP contribution in [0.2, 0.25) is 10.2 Å². The van der Waals surface area contributed by atoms with Crippen molar-refractivity contribution in [2.75, 3.05) is 5.73 Å². The molecule has 0 spiro atoms. The van der Waals surface area contributed by atoms with Gasteiger partial charge in [0.2, 0.25) is 0 Å². The van der Waals surface area contributed by atoms with Crippen molar-refractivity contribution in [3.63, 3.8) is 0 Å². The molecular weight excluding hydrogens is 243 g/mol. The molecule has 16 heavy (non-hydrogen) atoms. The van der Waals surface area contributed by atoms with Crippen LogP contribution in [0, 0.1) is 5.41 Å². The molecule has 0 aromatic carbocycles. The number of halogens is 2. The zero-order chi connectivity index (χ0) is 11.9. The number of fused-ring (bicyclic) bond motifs is 1. The molecule has 1 heterocycles. The van der Waals surface area contributed by atoms with Crippen LogP contribution < -0.4 is 5.73 Å². The number of nitrogens with zero attached hydrogens (tertiary/aromatic N) is 1. The molecule has 1 aromatic heterocycles. The lowest BCUT2D eigenvalue weighted by atomic mass is 9.85. The fraction of sp³-hybridized carbons (Fsp3) is 0.583. The first-order valence-electron chi connectivity index (χ1n) is 5.53. The Morgan fingerprint density at radius 3 is 2.50 bits per heavy atom. The first-order valence-corrected chi connectivity index (χ1v) is 6.28. The molecule has 2 N–H and O–H groups in total. The minimum absolute atomic E-state index is 0.337. The van der Waals surface area contributed by atoms with Crippen LogP contribution in [0.25, 0.3) is 0 Å². The third kappa shape index (κ3) is 2.14. The van der Waals surface area contributed by atoms with E-state index in [9.17, 15) is 0 Å². The molecule has 2 rings (SSSR count). The summed E-state index contributed by atoms with van der Waals surface area (Å²) in [6.07, 6.45) is 4.10. The summed E-state index contributed by atoms with van der Waals surface area (Å²) in [4.78, 5) is 4.36. The first-order chi connectivity index (χ1) is 7.41. The SMILES string of the molecule is CC1(C)CCc2nc(Cl)c(N)c(Cl)c2CC1. The Morgan fingerprint density at radius 2 is 1.81 bits per heavy atom. The Balaban J connectivity index is 2.46. The first kappa shape index (κ1) is 12.0. The standard InChI is InChI=1S/C12H16Cl2N2/c1-12(2)5-3-7-8(4-6-12)16-11(14)10(15)9(7)13/h3-6,15H2,1-2H3. The third-order valence-electron chi connectivity index (χ3n) is 3.40. The van der Waals surface area contributed by atoms with Crippen molar-refractivity contribution in [3.8, 4) is 0 Å². The normalized spacial score (nSPS) is 19.0. The molecule has 0 saturated heterocycles. The minimum atomic E-state index is 0.337. The molecule has 0 unspecified atom stereocenters. The minimum Gasteiger partial charge on any atom is -0.395 e. The van der Waals surface area contributed by atoms with Crippen LogP contribution in [-0.4, -0.2) is 4.98 Å². The van der Waals surface area contributed by atoms with E-state index < -0.39 is 0 Å². The highest BCUT2D eigenvalue weighted by Crippen LogP contribution is 2.39. The lowest BCUT2D eigenvalue weighted by Crippen LogP contribution is -2.10. The van der Waals surface area contributed by atoms with E-state index in [0.717, 1.165) is 36.9 Å². The lowest BCUT2D eigenvalue weighted by molar-refractivity contribution is 0.317. The maximum Gasteiger partial charge on any atom is 0.153 e.